The second-order valence-electron chi connectivity index (χ2n) is 6.12. The summed E-state index contributed by atoms with van der Waals surface area (Å²) >= 11 is 1.73. The maximum atomic E-state index is 5.60. The van der Waals surface area contributed by atoms with Crippen LogP contribution in [0.25, 0.3) is 21.6 Å². The summed E-state index contributed by atoms with van der Waals surface area (Å²) in [6.45, 7) is 7.84. The molecule has 0 aliphatic carbocycles. The van der Waals surface area contributed by atoms with Gasteiger partial charge in [-0.15, -0.1) is 11.3 Å². The van der Waals surface area contributed by atoms with Crippen LogP contribution in [0.4, 0.5) is 5.82 Å². The quantitative estimate of drug-likeness (QED) is 0.600. The van der Waals surface area contributed by atoms with Gasteiger partial charge in [0.15, 0.2) is 5.82 Å². The molecule has 0 unspecified atom stereocenters. The SMILES string of the molecule is CCc1cc2c(NCCCOC(C)C)nc(-c3cccnc3)nc2s1. The highest BCUT2D eigenvalue weighted by molar-refractivity contribution is 7.18. The van der Waals surface area contributed by atoms with Crippen molar-refractivity contribution in [2.24, 2.45) is 0 Å². The second-order valence-corrected chi connectivity index (χ2v) is 7.24. The number of rotatable bonds is 8. The number of fused-ring (bicyclic) bond motifs is 1. The third-order valence-corrected chi connectivity index (χ3v) is 4.95. The molecule has 0 bridgehead atoms. The summed E-state index contributed by atoms with van der Waals surface area (Å²) in [4.78, 5) is 16.0. The van der Waals surface area contributed by atoms with Crippen LogP contribution in [-0.2, 0) is 11.2 Å². The van der Waals surface area contributed by atoms with Gasteiger partial charge >= 0.3 is 0 Å². The second kappa shape index (κ2) is 8.36. The highest BCUT2D eigenvalue weighted by atomic mass is 32.1. The molecule has 132 valence electrons. The molecule has 0 aliphatic rings. The van der Waals surface area contributed by atoms with Gasteiger partial charge < -0.3 is 10.1 Å². The summed E-state index contributed by atoms with van der Waals surface area (Å²) in [5, 5.41) is 4.56. The molecule has 0 fully saturated rings. The average Bonchev–Trinajstić information content (AvgIpc) is 3.05. The minimum Gasteiger partial charge on any atom is -0.379 e. The van der Waals surface area contributed by atoms with Crippen LogP contribution in [0.5, 0.6) is 0 Å². The number of aromatic nitrogens is 3. The summed E-state index contributed by atoms with van der Waals surface area (Å²) < 4.78 is 5.60. The molecule has 0 amide bonds. The number of ether oxygens (including phenoxy) is 1. The van der Waals surface area contributed by atoms with Crippen molar-refractivity contribution in [3.05, 3.63) is 35.5 Å². The number of thiophene rings is 1. The van der Waals surface area contributed by atoms with Gasteiger partial charge in [-0.1, -0.05) is 6.92 Å². The molecule has 3 aromatic heterocycles. The van der Waals surface area contributed by atoms with Gasteiger partial charge in [-0.3, -0.25) is 4.98 Å². The van der Waals surface area contributed by atoms with Crippen molar-refractivity contribution in [2.45, 2.75) is 39.7 Å². The van der Waals surface area contributed by atoms with Crippen LogP contribution in [0.2, 0.25) is 0 Å². The molecule has 0 atom stereocenters. The number of hydrogen-bond acceptors (Lipinski definition) is 6. The van der Waals surface area contributed by atoms with Gasteiger partial charge in [0.1, 0.15) is 10.6 Å². The third-order valence-electron chi connectivity index (χ3n) is 3.78. The molecule has 0 aromatic carbocycles. The molecule has 3 heterocycles. The molecular formula is C19H24N4OS. The Balaban J connectivity index is 1.85. The van der Waals surface area contributed by atoms with E-state index in [4.69, 9.17) is 14.7 Å². The molecule has 25 heavy (non-hydrogen) atoms. The first kappa shape index (κ1) is 17.8. The van der Waals surface area contributed by atoms with Crippen molar-refractivity contribution >= 4 is 27.4 Å². The summed E-state index contributed by atoms with van der Waals surface area (Å²) in [6.07, 6.45) is 5.78. The largest absolute Gasteiger partial charge is 0.379 e. The summed E-state index contributed by atoms with van der Waals surface area (Å²) in [5.74, 6) is 1.61. The lowest BCUT2D eigenvalue weighted by molar-refractivity contribution is 0.0787. The first-order valence-corrected chi connectivity index (χ1v) is 9.55. The number of pyridine rings is 1. The van der Waals surface area contributed by atoms with E-state index in [0.29, 0.717) is 5.82 Å². The van der Waals surface area contributed by atoms with Crippen molar-refractivity contribution < 1.29 is 4.74 Å². The number of nitrogens with zero attached hydrogens (tertiary/aromatic N) is 3. The van der Waals surface area contributed by atoms with E-state index in [0.717, 1.165) is 47.6 Å². The normalized spacial score (nSPS) is 11.4. The molecule has 6 heteroatoms. The Bertz CT molecular complexity index is 817. The van der Waals surface area contributed by atoms with Crippen LogP contribution < -0.4 is 5.32 Å². The topological polar surface area (TPSA) is 59.9 Å². The van der Waals surface area contributed by atoms with Crippen LogP contribution >= 0.6 is 11.3 Å². The standard InChI is InChI=1S/C19H24N4OS/c1-4-15-11-16-18(21-9-6-10-24-13(2)3)22-17(23-19(16)25-15)14-7-5-8-20-12-14/h5,7-8,11-13H,4,6,9-10H2,1-3H3,(H,21,22,23). The van der Waals surface area contributed by atoms with Crippen molar-refractivity contribution in [2.75, 3.05) is 18.5 Å². The first-order valence-electron chi connectivity index (χ1n) is 8.73. The monoisotopic (exact) mass is 356 g/mol. The zero-order valence-corrected chi connectivity index (χ0v) is 15.8. The van der Waals surface area contributed by atoms with Crippen LogP contribution in [0.15, 0.2) is 30.6 Å². The van der Waals surface area contributed by atoms with E-state index in [1.807, 2.05) is 12.1 Å². The van der Waals surface area contributed by atoms with Crippen LogP contribution in [0.3, 0.4) is 0 Å². The van der Waals surface area contributed by atoms with Crippen molar-refractivity contribution in [3.8, 4) is 11.4 Å². The van der Waals surface area contributed by atoms with Crippen LogP contribution in [0, 0.1) is 0 Å². The Morgan fingerprint density at radius 2 is 2.16 bits per heavy atom. The van der Waals surface area contributed by atoms with Crippen molar-refractivity contribution in [1.29, 1.82) is 0 Å². The molecule has 0 aliphatic heterocycles. The number of anilines is 1. The molecule has 1 N–H and O–H groups in total. The third kappa shape index (κ3) is 4.52. The predicted octanol–water partition coefficient (Wildman–Crippen LogP) is 4.54. The number of nitrogens with one attached hydrogen (secondary N) is 1. The summed E-state index contributed by atoms with van der Waals surface area (Å²) in [6, 6.07) is 6.09. The van der Waals surface area contributed by atoms with E-state index >= 15 is 0 Å². The van der Waals surface area contributed by atoms with Crippen LogP contribution in [-0.4, -0.2) is 34.2 Å². The predicted molar refractivity (Wildman–Crippen MR) is 104 cm³/mol. The van der Waals surface area contributed by atoms with Gasteiger partial charge in [0, 0.05) is 36.0 Å². The zero-order chi connectivity index (χ0) is 17.6. The van der Waals surface area contributed by atoms with Crippen LogP contribution in [0.1, 0.15) is 32.1 Å². The molecule has 3 aromatic rings. The zero-order valence-electron chi connectivity index (χ0n) is 15.0. The Hall–Kier alpha value is -2.05. The van der Waals surface area contributed by atoms with E-state index in [1.54, 1.807) is 23.7 Å². The molecule has 3 rings (SSSR count). The highest BCUT2D eigenvalue weighted by Crippen LogP contribution is 2.31. The van der Waals surface area contributed by atoms with Gasteiger partial charge in [0.2, 0.25) is 0 Å². The molecular weight excluding hydrogens is 332 g/mol. The lowest BCUT2D eigenvalue weighted by Crippen LogP contribution is -2.10. The Kier molecular flexibility index (Phi) is 5.94. The fraction of sp³-hybridized carbons (Fsp3) is 0.421. The summed E-state index contributed by atoms with van der Waals surface area (Å²) in [7, 11) is 0. The minimum absolute atomic E-state index is 0.270. The molecule has 0 saturated carbocycles. The lowest BCUT2D eigenvalue weighted by Gasteiger charge is -2.10. The fourth-order valence-corrected chi connectivity index (χ4v) is 3.47. The Labute approximate surface area is 152 Å². The summed E-state index contributed by atoms with van der Waals surface area (Å²) in [5.41, 5.74) is 0.932. The smallest absolute Gasteiger partial charge is 0.164 e. The maximum absolute atomic E-state index is 5.60. The van der Waals surface area contributed by atoms with E-state index in [9.17, 15) is 0 Å². The Morgan fingerprint density at radius 1 is 1.28 bits per heavy atom. The van der Waals surface area contributed by atoms with Crippen molar-refractivity contribution in [3.63, 3.8) is 0 Å². The lowest BCUT2D eigenvalue weighted by atomic mass is 10.2. The number of aryl methyl sites for hydroxylation is 1. The van der Waals surface area contributed by atoms with E-state index in [1.165, 1.54) is 4.88 Å². The first-order chi connectivity index (χ1) is 12.2. The highest BCUT2D eigenvalue weighted by Gasteiger charge is 2.12. The van der Waals surface area contributed by atoms with E-state index in [-0.39, 0.29) is 6.10 Å². The van der Waals surface area contributed by atoms with E-state index < -0.39 is 0 Å². The van der Waals surface area contributed by atoms with Crippen molar-refractivity contribution in [1.82, 2.24) is 15.0 Å². The maximum Gasteiger partial charge on any atom is 0.164 e. The minimum atomic E-state index is 0.270. The number of hydrogen-bond donors (Lipinski definition) is 1. The van der Waals surface area contributed by atoms with Gasteiger partial charge in [-0.25, -0.2) is 9.97 Å². The average molecular weight is 356 g/mol. The molecule has 0 radical (unpaired) electrons. The molecule has 0 spiro atoms. The van der Waals surface area contributed by atoms with Gasteiger partial charge in [-0.2, -0.15) is 0 Å². The molecule has 5 nitrogen and oxygen atoms in total. The van der Waals surface area contributed by atoms with Gasteiger partial charge in [0.05, 0.1) is 11.5 Å². The fourth-order valence-electron chi connectivity index (χ4n) is 2.50. The molecule has 0 saturated heterocycles. The van der Waals surface area contributed by atoms with E-state index in [2.05, 4.69) is 37.1 Å². The van der Waals surface area contributed by atoms with Gasteiger partial charge in [-0.05, 0) is 44.9 Å². The van der Waals surface area contributed by atoms with Gasteiger partial charge in [0.25, 0.3) is 0 Å². The Morgan fingerprint density at radius 3 is 2.88 bits per heavy atom.